The van der Waals surface area contributed by atoms with Crippen molar-refractivity contribution in [2.45, 2.75) is 38.3 Å². The summed E-state index contributed by atoms with van der Waals surface area (Å²) >= 11 is 0. The maximum Gasteiger partial charge on any atom is 0.253 e. The zero-order valence-corrected chi connectivity index (χ0v) is 15.5. The Morgan fingerprint density at radius 3 is 2.69 bits per heavy atom. The number of amides is 1. The summed E-state index contributed by atoms with van der Waals surface area (Å²) in [6, 6.07) is 5.04. The minimum atomic E-state index is -0.345. The van der Waals surface area contributed by atoms with Gasteiger partial charge >= 0.3 is 0 Å². The van der Waals surface area contributed by atoms with E-state index < -0.39 is 0 Å². The zero-order chi connectivity index (χ0) is 18.4. The molecule has 1 saturated heterocycles. The van der Waals surface area contributed by atoms with Crippen molar-refractivity contribution in [3.05, 3.63) is 35.1 Å². The summed E-state index contributed by atoms with van der Waals surface area (Å²) in [7, 11) is 1.59. The smallest absolute Gasteiger partial charge is 0.253 e. The molecule has 0 bridgehead atoms. The number of benzene rings is 1. The standard InChI is InChI=1S/C20H29FN2O3/c1-25-10-11-26-14-17-12-16(4-5-19(17)21)20(24)23-8-6-18(7-9-23)22-13-15-2-3-15/h4-5,12,15,18,22H,2-3,6-11,13-14H2,1H3. The maximum atomic E-state index is 13.9. The number of piperidine rings is 1. The first-order valence-electron chi connectivity index (χ1n) is 9.55. The van der Waals surface area contributed by atoms with E-state index >= 15 is 0 Å². The molecule has 1 aliphatic heterocycles. The summed E-state index contributed by atoms with van der Waals surface area (Å²) in [5.41, 5.74) is 0.939. The molecule has 26 heavy (non-hydrogen) atoms. The Balaban J connectivity index is 1.50. The second kappa shape index (κ2) is 9.44. The molecule has 0 spiro atoms. The normalized spacial score (nSPS) is 18.3. The first kappa shape index (κ1) is 19.3. The van der Waals surface area contributed by atoms with E-state index in [1.807, 2.05) is 4.90 Å². The number of ether oxygens (including phenoxy) is 2. The highest BCUT2D eigenvalue weighted by atomic mass is 19.1. The van der Waals surface area contributed by atoms with Crippen LogP contribution in [0, 0.1) is 11.7 Å². The van der Waals surface area contributed by atoms with E-state index in [0.717, 1.165) is 38.4 Å². The minimum Gasteiger partial charge on any atom is -0.382 e. The average molecular weight is 364 g/mol. The molecule has 1 saturated carbocycles. The van der Waals surface area contributed by atoms with Gasteiger partial charge in [0.05, 0.1) is 19.8 Å². The van der Waals surface area contributed by atoms with Crippen LogP contribution in [0.15, 0.2) is 18.2 Å². The monoisotopic (exact) mass is 364 g/mol. The van der Waals surface area contributed by atoms with Gasteiger partial charge in [0.15, 0.2) is 0 Å². The van der Waals surface area contributed by atoms with Gasteiger partial charge in [-0.2, -0.15) is 0 Å². The van der Waals surface area contributed by atoms with Crippen LogP contribution in [0.1, 0.15) is 41.6 Å². The van der Waals surface area contributed by atoms with Crippen molar-refractivity contribution >= 4 is 5.91 Å². The van der Waals surface area contributed by atoms with E-state index in [1.165, 1.54) is 18.9 Å². The van der Waals surface area contributed by atoms with Crippen LogP contribution in [0.25, 0.3) is 0 Å². The van der Waals surface area contributed by atoms with Crippen molar-refractivity contribution in [1.29, 1.82) is 0 Å². The van der Waals surface area contributed by atoms with Crippen LogP contribution in [-0.2, 0) is 16.1 Å². The zero-order valence-electron chi connectivity index (χ0n) is 15.5. The van der Waals surface area contributed by atoms with Gasteiger partial charge < -0.3 is 19.7 Å². The number of hydrogen-bond acceptors (Lipinski definition) is 4. The lowest BCUT2D eigenvalue weighted by Crippen LogP contribution is -2.45. The number of carbonyl (C=O) groups is 1. The quantitative estimate of drug-likeness (QED) is 0.685. The second-order valence-electron chi connectivity index (χ2n) is 7.27. The van der Waals surface area contributed by atoms with Gasteiger partial charge in [-0.1, -0.05) is 0 Å². The number of methoxy groups -OCH3 is 1. The Labute approximate surface area is 154 Å². The molecule has 2 aliphatic rings. The number of likely N-dealkylation sites (tertiary alicyclic amines) is 1. The fraction of sp³-hybridized carbons (Fsp3) is 0.650. The number of nitrogens with one attached hydrogen (secondary N) is 1. The van der Waals surface area contributed by atoms with Gasteiger partial charge in [0.1, 0.15) is 5.82 Å². The molecule has 5 nitrogen and oxygen atoms in total. The summed E-state index contributed by atoms with van der Waals surface area (Å²) in [6.45, 7) is 3.61. The highest BCUT2D eigenvalue weighted by molar-refractivity contribution is 5.94. The Morgan fingerprint density at radius 2 is 2.00 bits per heavy atom. The van der Waals surface area contributed by atoms with Gasteiger partial charge in [-0.05, 0) is 56.3 Å². The number of rotatable bonds is 9. The summed E-state index contributed by atoms with van der Waals surface area (Å²) < 4.78 is 24.2. The fourth-order valence-electron chi connectivity index (χ4n) is 3.27. The van der Waals surface area contributed by atoms with Crippen LogP contribution in [0.3, 0.4) is 0 Å². The van der Waals surface area contributed by atoms with Gasteiger partial charge in [0, 0.05) is 37.4 Å². The predicted octanol–water partition coefficient (Wildman–Crippen LogP) is 2.59. The molecular formula is C20H29FN2O3. The van der Waals surface area contributed by atoms with Gasteiger partial charge in [0.2, 0.25) is 0 Å². The topological polar surface area (TPSA) is 50.8 Å². The molecule has 1 aliphatic carbocycles. The van der Waals surface area contributed by atoms with Crippen LogP contribution in [0.5, 0.6) is 0 Å². The van der Waals surface area contributed by atoms with Crippen LogP contribution in [0.4, 0.5) is 4.39 Å². The van der Waals surface area contributed by atoms with E-state index in [4.69, 9.17) is 9.47 Å². The highest BCUT2D eigenvalue weighted by Gasteiger charge is 2.26. The number of halogens is 1. The van der Waals surface area contributed by atoms with Crippen LogP contribution < -0.4 is 5.32 Å². The number of nitrogens with zero attached hydrogens (tertiary/aromatic N) is 1. The molecule has 0 atom stereocenters. The van der Waals surface area contributed by atoms with Crippen molar-refractivity contribution in [2.75, 3.05) is 40.0 Å². The van der Waals surface area contributed by atoms with Crippen molar-refractivity contribution in [3.63, 3.8) is 0 Å². The Bertz CT molecular complexity index is 599. The third-order valence-electron chi connectivity index (χ3n) is 5.16. The number of carbonyl (C=O) groups excluding carboxylic acids is 1. The molecule has 2 fully saturated rings. The molecule has 144 valence electrons. The van der Waals surface area contributed by atoms with Crippen molar-refractivity contribution in [2.24, 2.45) is 5.92 Å². The minimum absolute atomic E-state index is 0.0243. The van der Waals surface area contributed by atoms with E-state index in [0.29, 0.717) is 30.4 Å². The van der Waals surface area contributed by atoms with E-state index in [9.17, 15) is 9.18 Å². The molecule has 0 aromatic heterocycles. The summed E-state index contributed by atoms with van der Waals surface area (Å²) in [5.74, 6) is 0.504. The SMILES string of the molecule is COCCOCc1cc(C(=O)N2CCC(NCC3CC3)CC2)ccc1F. The maximum absolute atomic E-state index is 13.9. The van der Waals surface area contributed by atoms with E-state index in [1.54, 1.807) is 19.2 Å². The highest BCUT2D eigenvalue weighted by Crippen LogP contribution is 2.28. The summed E-state index contributed by atoms with van der Waals surface area (Å²) in [5, 5.41) is 3.62. The number of hydrogen-bond donors (Lipinski definition) is 1. The Hall–Kier alpha value is -1.50. The molecule has 6 heteroatoms. The lowest BCUT2D eigenvalue weighted by molar-refractivity contribution is 0.0602. The summed E-state index contributed by atoms with van der Waals surface area (Å²) in [6.07, 6.45) is 4.66. The third kappa shape index (κ3) is 5.50. The average Bonchev–Trinajstić information content (AvgIpc) is 3.49. The summed E-state index contributed by atoms with van der Waals surface area (Å²) in [4.78, 5) is 14.6. The first-order valence-corrected chi connectivity index (χ1v) is 9.55. The van der Waals surface area contributed by atoms with Gasteiger partial charge in [-0.3, -0.25) is 4.79 Å². The van der Waals surface area contributed by atoms with Gasteiger partial charge in [-0.25, -0.2) is 4.39 Å². The molecule has 3 rings (SSSR count). The van der Waals surface area contributed by atoms with Crippen molar-refractivity contribution in [1.82, 2.24) is 10.2 Å². The second-order valence-corrected chi connectivity index (χ2v) is 7.27. The van der Waals surface area contributed by atoms with Crippen molar-refractivity contribution < 1.29 is 18.7 Å². The van der Waals surface area contributed by atoms with Crippen LogP contribution in [0.2, 0.25) is 0 Å². The van der Waals surface area contributed by atoms with E-state index in [-0.39, 0.29) is 18.3 Å². The lowest BCUT2D eigenvalue weighted by atomic mass is 10.0. The predicted molar refractivity (Wildman–Crippen MR) is 97.6 cm³/mol. The van der Waals surface area contributed by atoms with Crippen molar-refractivity contribution in [3.8, 4) is 0 Å². The van der Waals surface area contributed by atoms with Gasteiger partial charge in [0.25, 0.3) is 5.91 Å². The molecular weight excluding hydrogens is 335 g/mol. The molecule has 0 unspecified atom stereocenters. The van der Waals surface area contributed by atoms with E-state index in [2.05, 4.69) is 5.32 Å². The molecule has 1 aromatic carbocycles. The van der Waals surface area contributed by atoms with Gasteiger partial charge in [-0.15, -0.1) is 0 Å². The molecule has 1 aromatic rings. The third-order valence-corrected chi connectivity index (χ3v) is 5.16. The fourth-order valence-corrected chi connectivity index (χ4v) is 3.27. The molecule has 1 N–H and O–H groups in total. The van der Waals surface area contributed by atoms with Crippen LogP contribution in [-0.4, -0.2) is 56.8 Å². The Morgan fingerprint density at radius 1 is 1.23 bits per heavy atom. The largest absolute Gasteiger partial charge is 0.382 e. The lowest BCUT2D eigenvalue weighted by Gasteiger charge is -2.32. The Kier molecular flexibility index (Phi) is 7.00. The molecule has 1 heterocycles. The molecule has 0 radical (unpaired) electrons. The first-order chi connectivity index (χ1) is 12.7. The van der Waals surface area contributed by atoms with Crippen LogP contribution >= 0.6 is 0 Å². The molecule has 1 amide bonds.